The molecule has 1 aromatic carbocycles. The summed E-state index contributed by atoms with van der Waals surface area (Å²) >= 11 is 11.9. The average Bonchev–Trinajstić information content (AvgIpc) is 2.30. The number of halogens is 2. The highest BCUT2D eigenvalue weighted by molar-refractivity contribution is 6.40. The molecule has 0 bridgehead atoms. The molecule has 2 rings (SSSR count). The van der Waals surface area contributed by atoms with Crippen molar-refractivity contribution < 1.29 is 4.79 Å². The van der Waals surface area contributed by atoms with Gasteiger partial charge in [0.15, 0.2) is 0 Å². The van der Waals surface area contributed by atoms with Gasteiger partial charge in [0.05, 0.1) is 10.6 Å². The standard InChI is InChI=1S/C12H8Cl2N2O/c13-10-8(7-4-2-1-3-5-7)6-16-11(14)9(10)12(15)17/h1-6H,(H2,15,17). The number of hydrogen-bond acceptors (Lipinski definition) is 2. The van der Waals surface area contributed by atoms with Crippen molar-refractivity contribution in [3.63, 3.8) is 0 Å². The lowest BCUT2D eigenvalue weighted by molar-refractivity contribution is 0.100. The lowest BCUT2D eigenvalue weighted by Crippen LogP contribution is -2.13. The van der Waals surface area contributed by atoms with Crippen LogP contribution in [0.3, 0.4) is 0 Å². The first kappa shape index (κ1) is 11.9. The molecule has 17 heavy (non-hydrogen) atoms. The highest BCUT2D eigenvalue weighted by Gasteiger charge is 2.17. The smallest absolute Gasteiger partial charge is 0.253 e. The number of pyridine rings is 1. The molecule has 0 aliphatic heterocycles. The van der Waals surface area contributed by atoms with Gasteiger partial charge in [0.2, 0.25) is 0 Å². The SMILES string of the molecule is NC(=O)c1c(Cl)ncc(-c2ccccc2)c1Cl. The topological polar surface area (TPSA) is 56.0 Å². The Balaban J connectivity index is 2.66. The van der Waals surface area contributed by atoms with Crippen molar-refractivity contribution in [2.75, 3.05) is 0 Å². The van der Waals surface area contributed by atoms with Gasteiger partial charge in [-0.3, -0.25) is 4.79 Å². The summed E-state index contributed by atoms with van der Waals surface area (Å²) < 4.78 is 0. The number of aromatic nitrogens is 1. The predicted octanol–water partition coefficient (Wildman–Crippen LogP) is 3.15. The van der Waals surface area contributed by atoms with Gasteiger partial charge in [-0.1, -0.05) is 53.5 Å². The van der Waals surface area contributed by atoms with Crippen LogP contribution in [0.2, 0.25) is 10.2 Å². The van der Waals surface area contributed by atoms with E-state index in [1.54, 1.807) is 0 Å². The summed E-state index contributed by atoms with van der Waals surface area (Å²) in [4.78, 5) is 15.2. The Kier molecular flexibility index (Phi) is 3.31. The van der Waals surface area contributed by atoms with Gasteiger partial charge in [0.1, 0.15) is 5.15 Å². The molecule has 2 N–H and O–H groups in total. The fourth-order valence-electron chi connectivity index (χ4n) is 1.50. The van der Waals surface area contributed by atoms with Crippen LogP contribution in [0.4, 0.5) is 0 Å². The van der Waals surface area contributed by atoms with Crippen molar-refractivity contribution in [3.8, 4) is 11.1 Å². The Hall–Kier alpha value is -1.58. The molecule has 3 nitrogen and oxygen atoms in total. The summed E-state index contributed by atoms with van der Waals surface area (Å²) in [6, 6.07) is 9.34. The molecule has 0 saturated heterocycles. The molecule has 0 aliphatic carbocycles. The monoisotopic (exact) mass is 266 g/mol. The largest absolute Gasteiger partial charge is 0.365 e. The van der Waals surface area contributed by atoms with Gasteiger partial charge in [0, 0.05) is 11.8 Å². The summed E-state index contributed by atoms with van der Waals surface area (Å²) in [6.45, 7) is 0. The second-order valence-corrected chi connectivity index (χ2v) is 4.12. The van der Waals surface area contributed by atoms with E-state index in [9.17, 15) is 4.79 Å². The van der Waals surface area contributed by atoms with Crippen LogP contribution in [-0.2, 0) is 0 Å². The lowest BCUT2D eigenvalue weighted by Gasteiger charge is -2.08. The zero-order valence-electron chi connectivity index (χ0n) is 8.65. The fraction of sp³-hybridized carbons (Fsp3) is 0. The third kappa shape index (κ3) is 2.25. The van der Waals surface area contributed by atoms with Crippen molar-refractivity contribution >= 4 is 29.1 Å². The van der Waals surface area contributed by atoms with Gasteiger partial charge < -0.3 is 5.73 Å². The zero-order valence-corrected chi connectivity index (χ0v) is 10.2. The highest BCUT2D eigenvalue weighted by atomic mass is 35.5. The number of hydrogen-bond donors (Lipinski definition) is 1. The zero-order chi connectivity index (χ0) is 12.4. The second kappa shape index (κ2) is 4.73. The molecule has 0 saturated carbocycles. The molecule has 0 spiro atoms. The molecule has 0 fully saturated rings. The molecular weight excluding hydrogens is 259 g/mol. The Morgan fingerprint density at radius 3 is 2.41 bits per heavy atom. The number of nitrogens with zero attached hydrogens (tertiary/aromatic N) is 1. The first-order valence-electron chi connectivity index (χ1n) is 4.80. The van der Waals surface area contributed by atoms with E-state index in [0.29, 0.717) is 5.56 Å². The van der Waals surface area contributed by atoms with Crippen LogP contribution >= 0.6 is 23.2 Å². The van der Waals surface area contributed by atoms with Gasteiger partial charge in [-0.05, 0) is 5.56 Å². The third-order valence-electron chi connectivity index (χ3n) is 2.30. The molecule has 0 radical (unpaired) electrons. The molecule has 1 heterocycles. The molecular formula is C12H8Cl2N2O. The summed E-state index contributed by atoms with van der Waals surface area (Å²) in [7, 11) is 0. The van der Waals surface area contributed by atoms with Crippen molar-refractivity contribution in [1.82, 2.24) is 4.98 Å². The molecule has 1 amide bonds. The van der Waals surface area contributed by atoms with Gasteiger partial charge in [-0.25, -0.2) is 4.98 Å². The van der Waals surface area contributed by atoms with Gasteiger partial charge >= 0.3 is 0 Å². The number of carbonyl (C=O) groups is 1. The van der Waals surface area contributed by atoms with Crippen LogP contribution in [0.15, 0.2) is 36.5 Å². The Bertz CT molecular complexity index is 570. The Morgan fingerprint density at radius 2 is 1.82 bits per heavy atom. The van der Waals surface area contributed by atoms with E-state index < -0.39 is 5.91 Å². The van der Waals surface area contributed by atoms with E-state index in [4.69, 9.17) is 28.9 Å². The van der Waals surface area contributed by atoms with Crippen LogP contribution < -0.4 is 5.73 Å². The van der Waals surface area contributed by atoms with Gasteiger partial charge in [-0.2, -0.15) is 0 Å². The fourth-order valence-corrected chi connectivity index (χ4v) is 2.12. The summed E-state index contributed by atoms with van der Waals surface area (Å²) in [6.07, 6.45) is 1.52. The van der Waals surface area contributed by atoms with Gasteiger partial charge in [-0.15, -0.1) is 0 Å². The Morgan fingerprint density at radius 1 is 1.18 bits per heavy atom. The van der Waals surface area contributed by atoms with Crippen molar-refractivity contribution in [2.24, 2.45) is 5.73 Å². The number of benzene rings is 1. The van der Waals surface area contributed by atoms with E-state index >= 15 is 0 Å². The molecule has 5 heteroatoms. The number of rotatable bonds is 2. The van der Waals surface area contributed by atoms with Crippen molar-refractivity contribution in [3.05, 3.63) is 52.3 Å². The molecule has 2 aromatic rings. The average molecular weight is 267 g/mol. The minimum atomic E-state index is -0.690. The molecule has 0 atom stereocenters. The van der Waals surface area contributed by atoms with Crippen LogP contribution in [0.1, 0.15) is 10.4 Å². The minimum Gasteiger partial charge on any atom is -0.365 e. The number of primary amides is 1. The predicted molar refractivity (Wildman–Crippen MR) is 68.2 cm³/mol. The molecule has 1 aromatic heterocycles. The normalized spacial score (nSPS) is 10.2. The maximum absolute atomic E-state index is 11.2. The van der Waals surface area contributed by atoms with E-state index in [-0.39, 0.29) is 15.7 Å². The summed E-state index contributed by atoms with van der Waals surface area (Å²) in [5.74, 6) is -0.690. The summed E-state index contributed by atoms with van der Waals surface area (Å²) in [5.41, 5.74) is 6.75. The van der Waals surface area contributed by atoms with Crippen molar-refractivity contribution in [2.45, 2.75) is 0 Å². The highest BCUT2D eigenvalue weighted by Crippen LogP contribution is 2.32. The van der Waals surface area contributed by atoms with E-state index in [0.717, 1.165) is 5.56 Å². The van der Waals surface area contributed by atoms with E-state index in [2.05, 4.69) is 4.98 Å². The number of amides is 1. The maximum atomic E-state index is 11.2. The second-order valence-electron chi connectivity index (χ2n) is 3.38. The van der Waals surface area contributed by atoms with E-state index in [1.807, 2.05) is 30.3 Å². The van der Waals surface area contributed by atoms with Crippen molar-refractivity contribution in [1.29, 1.82) is 0 Å². The first-order valence-corrected chi connectivity index (χ1v) is 5.56. The quantitative estimate of drug-likeness (QED) is 0.849. The van der Waals surface area contributed by atoms with Crippen LogP contribution in [0.25, 0.3) is 11.1 Å². The van der Waals surface area contributed by atoms with Crippen LogP contribution in [0.5, 0.6) is 0 Å². The minimum absolute atomic E-state index is 0.0159. The lowest BCUT2D eigenvalue weighted by atomic mass is 10.1. The molecule has 0 aliphatic rings. The third-order valence-corrected chi connectivity index (χ3v) is 2.98. The van der Waals surface area contributed by atoms with Gasteiger partial charge in [0.25, 0.3) is 5.91 Å². The number of nitrogens with two attached hydrogens (primary N) is 1. The maximum Gasteiger partial charge on any atom is 0.253 e. The van der Waals surface area contributed by atoms with E-state index in [1.165, 1.54) is 6.20 Å². The Labute approximate surface area is 108 Å². The summed E-state index contributed by atoms with van der Waals surface area (Å²) in [5, 5.41) is 0.242. The van der Waals surface area contributed by atoms with Crippen LogP contribution in [-0.4, -0.2) is 10.9 Å². The van der Waals surface area contributed by atoms with Crippen LogP contribution in [0, 0.1) is 0 Å². The number of carbonyl (C=O) groups excluding carboxylic acids is 1. The molecule has 0 unspecified atom stereocenters. The molecule has 86 valence electrons. The first-order chi connectivity index (χ1) is 8.11.